The Kier molecular flexibility index (Phi) is 9.50. The summed E-state index contributed by atoms with van der Waals surface area (Å²) < 4.78 is 11.1. The van der Waals surface area contributed by atoms with E-state index in [2.05, 4.69) is 35.2 Å². The number of hydrogen-bond acceptors (Lipinski definition) is 7. The molecule has 1 fully saturated rings. The monoisotopic (exact) mass is 592 g/mol. The molecule has 0 saturated carbocycles. The van der Waals surface area contributed by atoms with Crippen LogP contribution >= 0.6 is 0 Å². The van der Waals surface area contributed by atoms with E-state index in [0.717, 1.165) is 60.8 Å². The van der Waals surface area contributed by atoms with Crippen molar-refractivity contribution in [3.63, 3.8) is 0 Å². The molecule has 8 nitrogen and oxygen atoms in total. The van der Waals surface area contributed by atoms with Gasteiger partial charge in [0.15, 0.2) is 11.5 Å². The lowest BCUT2D eigenvalue weighted by Gasteiger charge is -2.36. The van der Waals surface area contributed by atoms with Crippen LogP contribution in [-0.2, 0) is 0 Å². The van der Waals surface area contributed by atoms with Crippen LogP contribution in [0.1, 0.15) is 44.8 Å². The number of carbonyl (C=O) groups excluding carboxylic acids is 2. The first-order valence-corrected chi connectivity index (χ1v) is 14.9. The van der Waals surface area contributed by atoms with Crippen molar-refractivity contribution in [3.8, 4) is 11.5 Å². The molecule has 1 atom stereocenters. The molecule has 44 heavy (non-hydrogen) atoms. The van der Waals surface area contributed by atoms with Crippen molar-refractivity contribution in [2.45, 2.75) is 13.0 Å². The second-order valence-corrected chi connectivity index (χ2v) is 10.8. The third-order valence-electron chi connectivity index (χ3n) is 8.36. The largest absolute Gasteiger partial charge is 0.493 e. The number of methoxy groups -OCH3 is 2. The van der Waals surface area contributed by atoms with Gasteiger partial charge in [-0.3, -0.25) is 14.5 Å². The van der Waals surface area contributed by atoms with Crippen LogP contribution in [0.25, 0.3) is 0 Å². The molecule has 3 aromatic carbocycles. The summed E-state index contributed by atoms with van der Waals surface area (Å²) in [5, 5.41) is 3.43. The highest BCUT2D eigenvalue weighted by molar-refractivity contribution is 6.24. The van der Waals surface area contributed by atoms with E-state index in [9.17, 15) is 9.59 Å². The fourth-order valence-electron chi connectivity index (χ4n) is 5.98. The van der Waals surface area contributed by atoms with Crippen molar-refractivity contribution < 1.29 is 19.1 Å². The number of ether oxygens (including phenoxy) is 2. The number of fused-ring (bicyclic) bond motifs is 1. The number of hydrogen-bond donors (Lipinski definition) is 1. The van der Waals surface area contributed by atoms with Crippen molar-refractivity contribution >= 4 is 23.2 Å². The molecule has 0 radical (unpaired) electrons. The fraction of sp³-hybridized carbons (Fsp3) is 0.278. The number of rotatable bonds is 12. The van der Waals surface area contributed by atoms with E-state index in [1.807, 2.05) is 54.6 Å². The van der Waals surface area contributed by atoms with E-state index >= 15 is 0 Å². The number of allylic oxidation sites excluding steroid dienone is 2. The molecule has 2 amide bonds. The lowest BCUT2D eigenvalue weighted by molar-refractivity contribution is 0.0608. The fourth-order valence-corrected chi connectivity index (χ4v) is 5.98. The van der Waals surface area contributed by atoms with Gasteiger partial charge in [0.25, 0.3) is 11.8 Å². The first kappa shape index (κ1) is 30.6. The Morgan fingerprint density at radius 1 is 0.909 bits per heavy atom. The Hall–Kier alpha value is -4.82. The predicted molar refractivity (Wildman–Crippen MR) is 176 cm³/mol. The number of benzene rings is 3. The Morgan fingerprint density at radius 2 is 1.64 bits per heavy atom. The molecule has 2 heterocycles. The molecular weight excluding hydrogens is 552 g/mol. The zero-order chi connectivity index (χ0) is 31.2. The van der Waals surface area contributed by atoms with Crippen LogP contribution < -0.4 is 19.7 Å². The molecule has 0 spiro atoms. The Morgan fingerprint density at radius 3 is 2.32 bits per heavy atom. The van der Waals surface area contributed by atoms with Crippen LogP contribution in [-0.4, -0.2) is 75.1 Å². The summed E-state index contributed by atoms with van der Waals surface area (Å²) in [5.74, 6) is 0.451. The summed E-state index contributed by atoms with van der Waals surface area (Å²) in [6.07, 6.45) is 5.40. The normalized spacial score (nSPS) is 16.0. The summed E-state index contributed by atoms with van der Waals surface area (Å²) in [7, 11) is 3.15. The molecule has 1 saturated heterocycles. The zero-order valence-electron chi connectivity index (χ0n) is 25.7. The summed E-state index contributed by atoms with van der Waals surface area (Å²) in [4.78, 5) is 34.6. The summed E-state index contributed by atoms with van der Waals surface area (Å²) in [6.45, 7) is 14.8. The van der Waals surface area contributed by atoms with E-state index in [0.29, 0.717) is 29.2 Å². The highest BCUT2D eigenvalue weighted by Crippen LogP contribution is 2.42. The van der Waals surface area contributed by atoms with Crippen LogP contribution in [0.3, 0.4) is 0 Å². The maximum atomic E-state index is 14.4. The number of amides is 2. The topological polar surface area (TPSA) is 74.3 Å². The van der Waals surface area contributed by atoms with Gasteiger partial charge in [0.05, 0.1) is 37.1 Å². The Balaban J connectivity index is 1.57. The standard InChI is InChI=1S/C36H40N4O4/c1-6-11-25(7-2)24-37-28-13-9-12-26(22-28)34(27-16-17-31(43-4)32(23-27)44-5)40-35(41)29-14-10-15-30(33(29)36(40)42)39-20-18-38(8-3)19-21-39/h6-7,9-17,22-23,34,37H,1-2,8,18-21,24H2,3-5H3/b25-11+. The number of anilines is 2. The number of piperazine rings is 1. The van der Waals surface area contributed by atoms with Crippen molar-refractivity contribution in [2.24, 2.45) is 0 Å². The van der Waals surface area contributed by atoms with E-state index in [1.54, 1.807) is 38.5 Å². The first-order chi connectivity index (χ1) is 21.4. The van der Waals surface area contributed by atoms with Gasteiger partial charge in [0.2, 0.25) is 0 Å². The van der Waals surface area contributed by atoms with Crippen LogP contribution in [0, 0.1) is 0 Å². The third-order valence-corrected chi connectivity index (χ3v) is 8.36. The predicted octanol–water partition coefficient (Wildman–Crippen LogP) is 5.94. The second-order valence-electron chi connectivity index (χ2n) is 10.8. The lowest BCUT2D eigenvalue weighted by atomic mass is 9.96. The maximum Gasteiger partial charge on any atom is 0.264 e. The molecule has 2 aliphatic heterocycles. The smallest absolute Gasteiger partial charge is 0.264 e. The number of imide groups is 1. The van der Waals surface area contributed by atoms with Crippen molar-refractivity contribution in [3.05, 3.63) is 120 Å². The minimum absolute atomic E-state index is 0.306. The van der Waals surface area contributed by atoms with Gasteiger partial charge in [-0.1, -0.05) is 62.6 Å². The highest BCUT2D eigenvalue weighted by Gasteiger charge is 2.43. The highest BCUT2D eigenvalue weighted by atomic mass is 16.5. The van der Waals surface area contributed by atoms with Gasteiger partial charge in [0.1, 0.15) is 0 Å². The number of likely N-dealkylation sites (N-methyl/N-ethyl adjacent to an activating group) is 1. The van der Waals surface area contributed by atoms with Gasteiger partial charge >= 0.3 is 0 Å². The van der Waals surface area contributed by atoms with E-state index in [-0.39, 0.29) is 11.8 Å². The van der Waals surface area contributed by atoms with Crippen LogP contribution in [0.15, 0.2) is 97.6 Å². The molecular formula is C36H40N4O4. The van der Waals surface area contributed by atoms with E-state index < -0.39 is 6.04 Å². The summed E-state index contributed by atoms with van der Waals surface area (Å²) in [5.41, 5.74) is 5.04. The quantitative estimate of drug-likeness (QED) is 0.206. The number of nitrogens with zero attached hydrogens (tertiary/aromatic N) is 3. The van der Waals surface area contributed by atoms with Crippen molar-refractivity contribution in [1.29, 1.82) is 0 Å². The van der Waals surface area contributed by atoms with Gasteiger partial charge in [-0.15, -0.1) is 0 Å². The lowest BCUT2D eigenvalue weighted by Crippen LogP contribution is -2.46. The van der Waals surface area contributed by atoms with E-state index in [4.69, 9.17) is 9.47 Å². The SMILES string of the molecule is C=C/C=C(\C=C)CNc1cccc(C(c2ccc(OC)c(OC)c2)N2C(=O)c3cccc(N4CCN(CC)CC4)c3C2=O)c1. The number of carbonyl (C=O) groups is 2. The Bertz CT molecular complexity index is 1590. The van der Waals surface area contributed by atoms with Crippen LogP contribution in [0.2, 0.25) is 0 Å². The summed E-state index contributed by atoms with van der Waals surface area (Å²) >= 11 is 0. The molecule has 8 heteroatoms. The van der Waals surface area contributed by atoms with Gasteiger partial charge in [-0.05, 0) is 59.6 Å². The average molecular weight is 593 g/mol. The molecule has 2 aliphatic rings. The van der Waals surface area contributed by atoms with Crippen LogP contribution in [0.4, 0.5) is 11.4 Å². The van der Waals surface area contributed by atoms with Gasteiger partial charge in [-0.25, -0.2) is 0 Å². The van der Waals surface area contributed by atoms with Crippen molar-refractivity contribution in [2.75, 3.05) is 63.7 Å². The zero-order valence-corrected chi connectivity index (χ0v) is 25.7. The molecule has 0 aliphatic carbocycles. The van der Waals surface area contributed by atoms with Gasteiger partial charge in [0, 0.05) is 38.4 Å². The Labute approximate surface area is 259 Å². The summed E-state index contributed by atoms with van der Waals surface area (Å²) in [6, 6.07) is 18.2. The molecule has 1 N–H and O–H groups in total. The minimum Gasteiger partial charge on any atom is -0.493 e. The van der Waals surface area contributed by atoms with Gasteiger partial charge in [-0.2, -0.15) is 0 Å². The van der Waals surface area contributed by atoms with Crippen molar-refractivity contribution in [1.82, 2.24) is 9.80 Å². The molecule has 228 valence electrons. The third kappa shape index (κ3) is 5.98. The molecule has 3 aromatic rings. The molecule has 1 unspecified atom stereocenters. The maximum absolute atomic E-state index is 14.4. The number of nitrogens with one attached hydrogen (secondary N) is 1. The minimum atomic E-state index is -0.712. The molecule has 0 bridgehead atoms. The van der Waals surface area contributed by atoms with Gasteiger partial charge < -0.3 is 24.6 Å². The van der Waals surface area contributed by atoms with Crippen LogP contribution in [0.5, 0.6) is 11.5 Å². The average Bonchev–Trinajstić information content (AvgIpc) is 3.32. The molecule has 0 aromatic heterocycles. The second kappa shape index (κ2) is 13.7. The first-order valence-electron chi connectivity index (χ1n) is 14.9. The van der Waals surface area contributed by atoms with E-state index in [1.165, 1.54) is 4.90 Å². The molecule has 5 rings (SSSR count).